The van der Waals surface area contributed by atoms with E-state index in [4.69, 9.17) is 10.5 Å². The number of nitrogen functional groups attached to an aromatic ring is 1. The number of anilines is 1. The van der Waals surface area contributed by atoms with Gasteiger partial charge in [-0.25, -0.2) is 0 Å². The Hall–Kier alpha value is -2.42. The average Bonchev–Trinajstić information content (AvgIpc) is 2.83. The van der Waals surface area contributed by atoms with Gasteiger partial charge in [0.1, 0.15) is 5.75 Å². The van der Waals surface area contributed by atoms with Gasteiger partial charge in [-0.3, -0.25) is 0 Å². The van der Waals surface area contributed by atoms with Crippen molar-refractivity contribution in [2.45, 2.75) is 6.54 Å². The maximum Gasteiger partial charge on any atom is 0.119 e. The molecule has 1 heterocycles. The lowest BCUT2D eigenvalue weighted by molar-refractivity contribution is 0.415. The van der Waals surface area contributed by atoms with E-state index < -0.39 is 0 Å². The highest BCUT2D eigenvalue weighted by Crippen LogP contribution is 2.23. The van der Waals surface area contributed by atoms with Crippen LogP contribution in [0.3, 0.4) is 0 Å². The number of fused-ring (bicyclic) bond motifs is 1. The Morgan fingerprint density at radius 1 is 1.11 bits per heavy atom. The number of nitrogens with two attached hydrogens (primary N) is 1. The van der Waals surface area contributed by atoms with Crippen molar-refractivity contribution in [2.24, 2.45) is 0 Å². The molecule has 19 heavy (non-hydrogen) atoms. The monoisotopic (exact) mass is 252 g/mol. The summed E-state index contributed by atoms with van der Waals surface area (Å²) in [6.45, 7) is 0.780. The van der Waals surface area contributed by atoms with Crippen LogP contribution in [-0.4, -0.2) is 11.7 Å². The zero-order valence-corrected chi connectivity index (χ0v) is 10.8. The molecule has 3 rings (SSSR count). The van der Waals surface area contributed by atoms with Crippen molar-refractivity contribution in [3.8, 4) is 5.75 Å². The van der Waals surface area contributed by atoms with Crippen LogP contribution in [0.2, 0.25) is 0 Å². The molecule has 0 amide bonds. The molecular formula is C16H16N2O. The Kier molecular flexibility index (Phi) is 2.88. The number of ether oxygens (including phenoxy) is 1. The van der Waals surface area contributed by atoms with Crippen molar-refractivity contribution in [3.63, 3.8) is 0 Å². The van der Waals surface area contributed by atoms with Crippen molar-refractivity contribution in [1.29, 1.82) is 0 Å². The molecule has 0 aliphatic carbocycles. The highest BCUT2D eigenvalue weighted by atomic mass is 16.5. The Labute approximate surface area is 112 Å². The molecule has 0 aliphatic rings. The molecule has 3 aromatic rings. The maximum atomic E-state index is 5.99. The van der Waals surface area contributed by atoms with Gasteiger partial charge in [-0.15, -0.1) is 0 Å². The van der Waals surface area contributed by atoms with Crippen molar-refractivity contribution in [3.05, 3.63) is 60.3 Å². The molecule has 96 valence electrons. The van der Waals surface area contributed by atoms with Gasteiger partial charge in [0.05, 0.1) is 7.11 Å². The van der Waals surface area contributed by atoms with Crippen molar-refractivity contribution in [2.75, 3.05) is 12.8 Å². The van der Waals surface area contributed by atoms with Crippen LogP contribution in [0.4, 0.5) is 5.69 Å². The molecule has 2 aromatic carbocycles. The fraction of sp³-hybridized carbons (Fsp3) is 0.125. The average molecular weight is 252 g/mol. The summed E-state index contributed by atoms with van der Waals surface area (Å²) < 4.78 is 7.43. The van der Waals surface area contributed by atoms with Gasteiger partial charge < -0.3 is 15.0 Å². The summed E-state index contributed by atoms with van der Waals surface area (Å²) >= 11 is 0. The van der Waals surface area contributed by atoms with Gasteiger partial charge in [-0.2, -0.15) is 0 Å². The predicted molar refractivity (Wildman–Crippen MR) is 78.4 cm³/mol. The van der Waals surface area contributed by atoms with Crippen molar-refractivity contribution in [1.82, 2.24) is 4.57 Å². The minimum atomic E-state index is 0.780. The van der Waals surface area contributed by atoms with Gasteiger partial charge in [-0.05, 0) is 35.9 Å². The fourth-order valence-electron chi connectivity index (χ4n) is 2.30. The van der Waals surface area contributed by atoms with Crippen molar-refractivity contribution < 1.29 is 4.74 Å². The normalized spacial score (nSPS) is 10.8. The van der Waals surface area contributed by atoms with Gasteiger partial charge >= 0.3 is 0 Å². The summed E-state index contributed by atoms with van der Waals surface area (Å²) in [6, 6.07) is 16.2. The van der Waals surface area contributed by atoms with E-state index in [2.05, 4.69) is 29.0 Å². The van der Waals surface area contributed by atoms with Crippen molar-refractivity contribution >= 4 is 16.6 Å². The molecule has 0 saturated carbocycles. The van der Waals surface area contributed by atoms with E-state index in [1.165, 1.54) is 10.9 Å². The van der Waals surface area contributed by atoms with E-state index >= 15 is 0 Å². The standard InChI is InChI=1S/C16H16N2O/c1-19-14-6-7-16-12(10-14)8-9-18(16)11-13-4-2-3-5-15(13)17/h2-10H,11,17H2,1H3. The Bertz CT molecular complexity index is 716. The first kappa shape index (κ1) is 11.7. The molecule has 3 heteroatoms. The third-order valence-corrected chi connectivity index (χ3v) is 3.37. The van der Waals surface area contributed by atoms with Crippen LogP contribution in [0, 0.1) is 0 Å². The predicted octanol–water partition coefficient (Wildman–Crippen LogP) is 3.28. The van der Waals surface area contributed by atoms with Crippen LogP contribution in [0.1, 0.15) is 5.56 Å². The number of benzene rings is 2. The molecule has 3 nitrogen and oxygen atoms in total. The summed E-state index contributed by atoms with van der Waals surface area (Å²) in [4.78, 5) is 0. The van der Waals surface area contributed by atoms with Crippen LogP contribution in [0.25, 0.3) is 10.9 Å². The molecular weight excluding hydrogens is 236 g/mol. The Morgan fingerprint density at radius 3 is 2.74 bits per heavy atom. The molecule has 0 fully saturated rings. The van der Waals surface area contributed by atoms with Gasteiger partial charge in [0, 0.05) is 29.3 Å². The number of aromatic nitrogens is 1. The molecule has 0 radical (unpaired) electrons. The van der Waals surface area contributed by atoms with Crippen LogP contribution >= 0.6 is 0 Å². The SMILES string of the molecule is COc1ccc2c(ccn2Cc2ccccc2N)c1. The summed E-state index contributed by atoms with van der Waals surface area (Å²) in [7, 11) is 1.68. The summed E-state index contributed by atoms with van der Waals surface area (Å²) in [6.07, 6.45) is 2.08. The second-order valence-corrected chi connectivity index (χ2v) is 4.57. The van der Waals surface area contributed by atoms with Crippen LogP contribution in [0.15, 0.2) is 54.7 Å². The fourth-order valence-corrected chi connectivity index (χ4v) is 2.30. The highest BCUT2D eigenvalue weighted by Gasteiger charge is 2.04. The zero-order chi connectivity index (χ0) is 13.2. The van der Waals surface area contributed by atoms with Gasteiger partial charge in [0.2, 0.25) is 0 Å². The second kappa shape index (κ2) is 4.69. The summed E-state index contributed by atoms with van der Waals surface area (Å²) in [5, 5.41) is 1.17. The largest absolute Gasteiger partial charge is 0.497 e. The third kappa shape index (κ3) is 2.15. The molecule has 1 aromatic heterocycles. The number of para-hydroxylation sites is 1. The minimum absolute atomic E-state index is 0.780. The van der Waals surface area contributed by atoms with E-state index in [1.54, 1.807) is 7.11 Å². The topological polar surface area (TPSA) is 40.2 Å². The Morgan fingerprint density at radius 2 is 1.95 bits per heavy atom. The molecule has 0 atom stereocenters. The van der Waals surface area contributed by atoms with Gasteiger partial charge in [0.15, 0.2) is 0 Å². The number of hydrogen-bond donors (Lipinski definition) is 1. The number of nitrogens with zero attached hydrogens (tertiary/aromatic N) is 1. The quantitative estimate of drug-likeness (QED) is 0.727. The molecule has 0 saturated heterocycles. The third-order valence-electron chi connectivity index (χ3n) is 3.37. The van der Waals surface area contributed by atoms with Gasteiger partial charge in [-0.1, -0.05) is 18.2 Å². The summed E-state index contributed by atoms with van der Waals surface area (Å²) in [5.41, 5.74) is 9.14. The molecule has 0 unspecified atom stereocenters. The van der Waals surface area contributed by atoms with Crippen LogP contribution in [-0.2, 0) is 6.54 Å². The smallest absolute Gasteiger partial charge is 0.119 e. The molecule has 0 spiro atoms. The summed E-state index contributed by atoms with van der Waals surface area (Å²) in [5.74, 6) is 0.879. The first-order valence-corrected chi connectivity index (χ1v) is 6.24. The first-order valence-electron chi connectivity index (χ1n) is 6.24. The lowest BCUT2D eigenvalue weighted by Crippen LogP contribution is -2.01. The van der Waals surface area contributed by atoms with Gasteiger partial charge in [0.25, 0.3) is 0 Å². The second-order valence-electron chi connectivity index (χ2n) is 4.57. The molecule has 0 aliphatic heterocycles. The zero-order valence-electron chi connectivity index (χ0n) is 10.8. The van der Waals surface area contributed by atoms with E-state index in [0.717, 1.165) is 23.5 Å². The van der Waals surface area contributed by atoms with E-state index in [1.807, 2.05) is 30.3 Å². The highest BCUT2D eigenvalue weighted by molar-refractivity contribution is 5.81. The van der Waals surface area contributed by atoms with Crippen LogP contribution in [0.5, 0.6) is 5.75 Å². The van der Waals surface area contributed by atoms with Crippen LogP contribution < -0.4 is 10.5 Å². The van der Waals surface area contributed by atoms with E-state index in [9.17, 15) is 0 Å². The number of hydrogen-bond acceptors (Lipinski definition) is 2. The lowest BCUT2D eigenvalue weighted by Gasteiger charge is -2.08. The Balaban J connectivity index is 2.00. The maximum absolute atomic E-state index is 5.99. The van der Waals surface area contributed by atoms with E-state index in [0.29, 0.717) is 0 Å². The lowest BCUT2D eigenvalue weighted by atomic mass is 10.2. The first-order chi connectivity index (χ1) is 9.28. The number of rotatable bonds is 3. The minimum Gasteiger partial charge on any atom is -0.497 e. The van der Waals surface area contributed by atoms with E-state index in [-0.39, 0.29) is 0 Å². The molecule has 2 N–H and O–H groups in total. The number of methoxy groups -OCH3 is 1. The molecule has 0 bridgehead atoms.